The van der Waals surface area contributed by atoms with Gasteiger partial charge < -0.3 is 15.4 Å². The first-order valence-corrected chi connectivity index (χ1v) is 10.7. The number of aldehydes is 1. The van der Waals surface area contributed by atoms with Crippen molar-refractivity contribution in [2.75, 3.05) is 26.2 Å². The molecule has 2 unspecified atom stereocenters. The summed E-state index contributed by atoms with van der Waals surface area (Å²) in [5, 5.41) is -0.472. The van der Waals surface area contributed by atoms with Gasteiger partial charge in [-0.05, 0) is 28.1 Å². The van der Waals surface area contributed by atoms with Crippen LogP contribution in [0.15, 0.2) is 22.1 Å². The minimum atomic E-state index is -0.798. The maximum absolute atomic E-state index is 13.7. The van der Waals surface area contributed by atoms with E-state index in [2.05, 4.69) is 25.8 Å². The van der Waals surface area contributed by atoms with Crippen molar-refractivity contribution in [2.45, 2.75) is 12.1 Å². The Morgan fingerprint density at radius 2 is 2.00 bits per heavy atom. The van der Waals surface area contributed by atoms with Gasteiger partial charge in [0.15, 0.2) is 5.82 Å². The van der Waals surface area contributed by atoms with Gasteiger partial charge in [-0.25, -0.2) is 9.37 Å². The highest BCUT2D eigenvalue weighted by molar-refractivity contribution is 9.11. The molecular weight excluding hydrogens is 494 g/mol. The predicted octanol–water partition coefficient (Wildman–Crippen LogP) is 3.38. The molecule has 11 heteroatoms. The summed E-state index contributed by atoms with van der Waals surface area (Å²) in [6.07, 6.45) is 1.61. The van der Waals surface area contributed by atoms with Crippen LogP contribution in [0.5, 0.6) is 0 Å². The van der Waals surface area contributed by atoms with Crippen LogP contribution >= 0.6 is 50.5 Å². The summed E-state index contributed by atoms with van der Waals surface area (Å²) in [7, 11) is 0. The van der Waals surface area contributed by atoms with Crippen LogP contribution in [0, 0.1) is 5.82 Å². The van der Waals surface area contributed by atoms with Crippen LogP contribution in [0.4, 0.5) is 4.39 Å². The molecule has 0 aliphatic carbocycles. The fraction of sp³-hybridized carbons (Fsp3) is 0.353. The standard InChI is InChI=1S/C17H16BrCl2FN4O2S/c18-12-2-1-11(28-12)15(10(22)8-26)24-3-5-25(6-4-24)17(27)13-14(19)9(21)7-23-16(13)20/h1-2,7-8,10,15H,3-6,22H2. The van der Waals surface area contributed by atoms with Gasteiger partial charge in [-0.1, -0.05) is 23.2 Å². The zero-order chi connectivity index (χ0) is 20.4. The molecule has 0 saturated carbocycles. The van der Waals surface area contributed by atoms with Crippen molar-refractivity contribution < 1.29 is 14.0 Å². The number of carbonyl (C=O) groups is 2. The summed E-state index contributed by atoms with van der Waals surface area (Å²) in [4.78, 5) is 32.4. The molecule has 1 aliphatic rings. The lowest BCUT2D eigenvalue weighted by atomic mass is 10.1. The summed E-state index contributed by atoms with van der Waals surface area (Å²) < 4.78 is 14.6. The number of pyridine rings is 1. The van der Waals surface area contributed by atoms with Crippen molar-refractivity contribution in [1.82, 2.24) is 14.8 Å². The Hall–Kier alpha value is -1.10. The Morgan fingerprint density at radius 3 is 2.57 bits per heavy atom. The van der Waals surface area contributed by atoms with E-state index in [0.29, 0.717) is 26.2 Å². The van der Waals surface area contributed by atoms with Gasteiger partial charge in [-0.15, -0.1) is 11.3 Å². The lowest BCUT2D eigenvalue weighted by molar-refractivity contribution is -0.110. The number of halogens is 4. The van der Waals surface area contributed by atoms with Gasteiger partial charge in [0.25, 0.3) is 5.91 Å². The Kier molecular flexibility index (Phi) is 7.06. The molecule has 3 heterocycles. The van der Waals surface area contributed by atoms with E-state index in [1.54, 1.807) is 4.90 Å². The quantitative estimate of drug-likeness (QED) is 0.493. The number of hydrogen-bond donors (Lipinski definition) is 1. The molecule has 2 aromatic heterocycles. The van der Waals surface area contributed by atoms with Crippen molar-refractivity contribution in [1.29, 1.82) is 0 Å². The molecule has 0 aromatic carbocycles. The molecule has 2 N–H and O–H groups in total. The van der Waals surface area contributed by atoms with Crippen molar-refractivity contribution in [3.8, 4) is 0 Å². The number of carbonyl (C=O) groups excluding carboxylic acids is 2. The van der Waals surface area contributed by atoms with Crippen LogP contribution in [-0.2, 0) is 4.79 Å². The van der Waals surface area contributed by atoms with E-state index in [-0.39, 0.29) is 21.8 Å². The molecule has 6 nitrogen and oxygen atoms in total. The molecule has 1 fully saturated rings. The monoisotopic (exact) mass is 508 g/mol. The summed E-state index contributed by atoms with van der Waals surface area (Å²) in [5.41, 5.74) is 5.91. The summed E-state index contributed by atoms with van der Waals surface area (Å²) in [6.45, 7) is 1.70. The number of amides is 1. The fourth-order valence-corrected chi connectivity index (χ4v) is 5.27. The molecule has 0 spiro atoms. The third-order valence-electron chi connectivity index (χ3n) is 4.54. The number of thiophene rings is 1. The Bertz CT molecular complexity index is 892. The number of aromatic nitrogens is 1. The van der Waals surface area contributed by atoms with Crippen LogP contribution in [0.3, 0.4) is 0 Å². The number of rotatable bonds is 5. The van der Waals surface area contributed by atoms with E-state index < -0.39 is 17.8 Å². The van der Waals surface area contributed by atoms with Gasteiger partial charge in [0, 0.05) is 31.1 Å². The van der Waals surface area contributed by atoms with Crippen LogP contribution in [-0.4, -0.2) is 59.2 Å². The third kappa shape index (κ3) is 4.39. The van der Waals surface area contributed by atoms with E-state index in [1.807, 2.05) is 12.1 Å². The lowest BCUT2D eigenvalue weighted by Gasteiger charge is -2.40. The third-order valence-corrected chi connectivity index (χ3v) is 6.89. The minimum absolute atomic E-state index is 0.136. The van der Waals surface area contributed by atoms with E-state index in [4.69, 9.17) is 28.9 Å². The minimum Gasteiger partial charge on any atom is -0.336 e. The van der Waals surface area contributed by atoms with Crippen LogP contribution in [0.25, 0.3) is 0 Å². The normalized spacial score (nSPS) is 17.4. The van der Waals surface area contributed by atoms with Gasteiger partial charge in [0.1, 0.15) is 11.4 Å². The average molecular weight is 510 g/mol. The Morgan fingerprint density at radius 1 is 1.32 bits per heavy atom. The Labute approximate surface area is 183 Å². The first-order valence-electron chi connectivity index (χ1n) is 8.32. The van der Waals surface area contributed by atoms with Gasteiger partial charge >= 0.3 is 0 Å². The Balaban J connectivity index is 1.75. The van der Waals surface area contributed by atoms with E-state index >= 15 is 0 Å². The molecule has 150 valence electrons. The zero-order valence-electron chi connectivity index (χ0n) is 14.4. The molecule has 0 bridgehead atoms. The van der Waals surface area contributed by atoms with Crippen molar-refractivity contribution >= 4 is 62.7 Å². The zero-order valence-corrected chi connectivity index (χ0v) is 18.4. The lowest BCUT2D eigenvalue weighted by Crippen LogP contribution is -2.53. The number of piperazine rings is 1. The van der Waals surface area contributed by atoms with Crippen LogP contribution < -0.4 is 5.73 Å². The summed E-state index contributed by atoms with van der Waals surface area (Å²) in [6, 6.07) is 2.86. The highest BCUT2D eigenvalue weighted by Gasteiger charge is 2.33. The van der Waals surface area contributed by atoms with Crippen LogP contribution in [0.1, 0.15) is 21.3 Å². The van der Waals surface area contributed by atoms with Gasteiger partial charge in [0.05, 0.1) is 32.7 Å². The first-order chi connectivity index (χ1) is 13.3. The molecule has 28 heavy (non-hydrogen) atoms. The molecule has 0 radical (unpaired) electrons. The molecule has 1 aliphatic heterocycles. The van der Waals surface area contributed by atoms with Crippen molar-refractivity contribution in [3.63, 3.8) is 0 Å². The smallest absolute Gasteiger partial charge is 0.258 e. The van der Waals surface area contributed by atoms with Gasteiger partial charge in [0.2, 0.25) is 0 Å². The maximum atomic E-state index is 13.7. The predicted molar refractivity (Wildman–Crippen MR) is 110 cm³/mol. The molecule has 2 aromatic rings. The van der Waals surface area contributed by atoms with Gasteiger partial charge in [-0.2, -0.15) is 0 Å². The SMILES string of the molecule is NC(C=O)C(c1ccc(Br)s1)N1CCN(C(=O)c2c(Cl)ncc(F)c2Cl)CC1. The largest absolute Gasteiger partial charge is 0.336 e. The summed E-state index contributed by atoms with van der Waals surface area (Å²) in [5.74, 6) is -1.27. The number of nitrogens with two attached hydrogens (primary N) is 1. The van der Waals surface area contributed by atoms with Crippen LogP contribution in [0.2, 0.25) is 10.2 Å². The average Bonchev–Trinajstić information content (AvgIpc) is 3.11. The molecule has 3 rings (SSSR count). The molecular formula is C17H16BrCl2FN4O2S. The van der Waals surface area contributed by atoms with Gasteiger partial charge in [-0.3, -0.25) is 9.69 Å². The second-order valence-electron chi connectivity index (χ2n) is 6.21. The van der Waals surface area contributed by atoms with E-state index in [1.165, 1.54) is 11.3 Å². The van der Waals surface area contributed by atoms with E-state index in [0.717, 1.165) is 21.1 Å². The molecule has 1 saturated heterocycles. The molecule has 1 amide bonds. The maximum Gasteiger partial charge on any atom is 0.258 e. The second-order valence-corrected chi connectivity index (χ2v) is 9.44. The van der Waals surface area contributed by atoms with E-state index in [9.17, 15) is 14.0 Å². The first kappa shape index (κ1) is 21.6. The fourth-order valence-electron chi connectivity index (χ4n) is 3.16. The van der Waals surface area contributed by atoms with Crippen molar-refractivity contribution in [2.24, 2.45) is 5.73 Å². The highest BCUT2D eigenvalue weighted by atomic mass is 79.9. The second kappa shape index (κ2) is 9.15. The highest BCUT2D eigenvalue weighted by Crippen LogP contribution is 2.33. The topological polar surface area (TPSA) is 79.5 Å². The number of nitrogens with zero attached hydrogens (tertiary/aromatic N) is 3. The number of hydrogen-bond acceptors (Lipinski definition) is 6. The summed E-state index contributed by atoms with van der Waals surface area (Å²) >= 11 is 16.8. The van der Waals surface area contributed by atoms with Crippen molar-refractivity contribution in [3.05, 3.63) is 48.5 Å². The molecule has 2 atom stereocenters.